The van der Waals surface area contributed by atoms with E-state index in [2.05, 4.69) is 22.8 Å². The monoisotopic (exact) mass is 480 g/mol. The molecule has 0 heterocycles. The van der Waals surface area contributed by atoms with Gasteiger partial charge in [-0.15, -0.1) is 0 Å². The van der Waals surface area contributed by atoms with E-state index in [9.17, 15) is 14.7 Å². The highest BCUT2D eigenvalue weighted by Gasteiger charge is 2.36. The number of benzene rings is 2. The maximum atomic E-state index is 12.8. The number of alkyl carbamates (subject to hydrolysis) is 1. The van der Waals surface area contributed by atoms with E-state index >= 15 is 0 Å². The zero-order chi connectivity index (χ0) is 25.1. The highest BCUT2D eigenvalue weighted by Crippen LogP contribution is 2.41. The van der Waals surface area contributed by atoms with Gasteiger partial charge in [0.05, 0.1) is 18.7 Å². The molecular weight excluding hydrogens is 440 g/mol. The zero-order valence-corrected chi connectivity index (χ0v) is 21.0. The van der Waals surface area contributed by atoms with Crippen molar-refractivity contribution in [1.82, 2.24) is 10.6 Å². The lowest BCUT2D eigenvalue weighted by atomic mass is 9.81. The van der Waals surface area contributed by atoms with Gasteiger partial charge in [-0.3, -0.25) is 4.79 Å². The maximum Gasteiger partial charge on any atom is 0.407 e. The number of hydrogen-bond donors (Lipinski definition) is 3. The van der Waals surface area contributed by atoms with Crippen LogP contribution in [0.15, 0.2) is 60.7 Å². The van der Waals surface area contributed by atoms with E-state index in [-0.39, 0.29) is 11.5 Å². The van der Waals surface area contributed by atoms with Gasteiger partial charge in [0.25, 0.3) is 5.91 Å². The first-order chi connectivity index (χ1) is 16.9. The Kier molecular flexibility index (Phi) is 10.2. The summed E-state index contributed by atoms with van der Waals surface area (Å²) < 4.78 is 5.70. The Bertz CT molecular complexity index is 913. The van der Waals surface area contributed by atoms with Crippen LogP contribution in [0.2, 0.25) is 0 Å². The molecule has 3 N–H and O–H groups in total. The average Bonchev–Trinajstić information content (AvgIpc) is 3.34. The van der Waals surface area contributed by atoms with Crippen LogP contribution in [-0.2, 0) is 16.0 Å². The number of aliphatic hydroxyl groups excluding tert-OH is 1. The number of unbranched alkanes of at least 4 members (excludes halogenated alkanes) is 1. The smallest absolute Gasteiger partial charge is 0.407 e. The first kappa shape index (κ1) is 26.7. The number of hydrogen-bond acceptors (Lipinski definition) is 4. The molecule has 6 nitrogen and oxygen atoms in total. The summed E-state index contributed by atoms with van der Waals surface area (Å²) in [6.07, 6.45) is 5.43. The number of ether oxygens (including phenoxy) is 1. The molecule has 3 atom stereocenters. The van der Waals surface area contributed by atoms with Crippen molar-refractivity contribution in [2.24, 2.45) is 5.41 Å². The molecule has 1 aliphatic rings. The van der Waals surface area contributed by atoms with Crippen molar-refractivity contribution in [3.05, 3.63) is 71.8 Å². The summed E-state index contributed by atoms with van der Waals surface area (Å²) in [7, 11) is 0. The highest BCUT2D eigenvalue weighted by molar-refractivity contribution is 5.82. The van der Waals surface area contributed by atoms with E-state index in [1.54, 1.807) is 0 Å². The van der Waals surface area contributed by atoms with Crippen molar-refractivity contribution in [3.8, 4) is 0 Å². The van der Waals surface area contributed by atoms with Crippen molar-refractivity contribution in [3.63, 3.8) is 0 Å². The predicted molar refractivity (Wildman–Crippen MR) is 138 cm³/mol. The number of carbonyl (C=O) groups is 2. The summed E-state index contributed by atoms with van der Waals surface area (Å²) in [6, 6.07) is 18.9. The maximum absolute atomic E-state index is 12.8. The fourth-order valence-electron chi connectivity index (χ4n) is 4.98. The molecule has 1 aliphatic carbocycles. The second-order valence-electron chi connectivity index (χ2n) is 9.92. The van der Waals surface area contributed by atoms with Crippen LogP contribution in [0.25, 0.3) is 0 Å². The van der Waals surface area contributed by atoms with Gasteiger partial charge in [0, 0.05) is 5.41 Å². The van der Waals surface area contributed by atoms with E-state index in [1.807, 2.05) is 62.4 Å². The molecule has 1 fully saturated rings. The lowest BCUT2D eigenvalue weighted by Gasteiger charge is -2.30. The van der Waals surface area contributed by atoms with Crippen LogP contribution >= 0.6 is 0 Å². The molecule has 0 bridgehead atoms. The third kappa shape index (κ3) is 8.10. The molecule has 35 heavy (non-hydrogen) atoms. The third-order valence-corrected chi connectivity index (χ3v) is 7.08. The van der Waals surface area contributed by atoms with Gasteiger partial charge in [0.15, 0.2) is 6.10 Å². The molecule has 2 aromatic rings. The van der Waals surface area contributed by atoms with Crippen LogP contribution in [0.4, 0.5) is 4.79 Å². The van der Waals surface area contributed by atoms with E-state index in [0.717, 1.165) is 50.5 Å². The SMILES string of the molecule is CCCC[C@H](NC(=O)OCC1(Cc2ccccc2)CCCC1)C(O)C(=O)N[C@H](C)c1ccccc1. The van der Waals surface area contributed by atoms with Crippen LogP contribution in [-0.4, -0.2) is 35.9 Å². The Balaban J connectivity index is 1.57. The van der Waals surface area contributed by atoms with Crippen molar-refractivity contribution in [1.29, 1.82) is 0 Å². The molecule has 0 aliphatic heterocycles. The largest absolute Gasteiger partial charge is 0.449 e. The fraction of sp³-hybridized carbons (Fsp3) is 0.517. The highest BCUT2D eigenvalue weighted by atomic mass is 16.5. The summed E-state index contributed by atoms with van der Waals surface area (Å²) in [5.41, 5.74) is 2.14. The Morgan fingerprint density at radius 3 is 2.26 bits per heavy atom. The summed E-state index contributed by atoms with van der Waals surface area (Å²) in [4.78, 5) is 25.5. The second kappa shape index (κ2) is 13.3. The minimum Gasteiger partial charge on any atom is -0.449 e. The van der Waals surface area contributed by atoms with Crippen LogP contribution in [0, 0.1) is 5.41 Å². The van der Waals surface area contributed by atoms with Gasteiger partial charge >= 0.3 is 6.09 Å². The van der Waals surface area contributed by atoms with Crippen molar-refractivity contribution < 1.29 is 19.4 Å². The number of carbonyl (C=O) groups excluding carboxylic acids is 2. The molecule has 0 radical (unpaired) electrons. The van der Waals surface area contributed by atoms with E-state index in [0.29, 0.717) is 13.0 Å². The molecule has 1 unspecified atom stereocenters. The van der Waals surface area contributed by atoms with Crippen LogP contribution in [0.3, 0.4) is 0 Å². The average molecular weight is 481 g/mol. The molecule has 2 amide bonds. The summed E-state index contributed by atoms with van der Waals surface area (Å²) in [5, 5.41) is 16.4. The van der Waals surface area contributed by atoms with Crippen LogP contribution in [0.1, 0.15) is 76.0 Å². The van der Waals surface area contributed by atoms with Gasteiger partial charge in [0.1, 0.15) is 0 Å². The number of rotatable bonds is 12. The lowest BCUT2D eigenvalue weighted by Crippen LogP contribution is -2.51. The second-order valence-corrected chi connectivity index (χ2v) is 9.92. The summed E-state index contributed by atoms with van der Waals surface area (Å²) >= 11 is 0. The molecule has 0 aromatic heterocycles. The minimum absolute atomic E-state index is 0.0568. The topological polar surface area (TPSA) is 87.7 Å². The Morgan fingerprint density at radius 1 is 1.00 bits per heavy atom. The summed E-state index contributed by atoms with van der Waals surface area (Å²) in [5.74, 6) is -0.501. The summed E-state index contributed by atoms with van der Waals surface area (Å²) in [6.45, 7) is 4.24. The van der Waals surface area contributed by atoms with Crippen LogP contribution in [0.5, 0.6) is 0 Å². The van der Waals surface area contributed by atoms with Gasteiger partial charge in [-0.25, -0.2) is 4.79 Å². The molecule has 190 valence electrons. The quantitative estimate of drug-likeness (QED) is 0.384. The fourth-order valence-corrected chi connectivity index (χ4v) is 4.98. The van der Waals surface area contributed by atoms with Crippen molar-refractivity contribution in [2.45, 2.75) is 83.4 Å². The van der Waals surface area contributed by atoms with Gasteiger partial charge in [-0.05, 0) is 43.7 Å². The van der Waals surface area contributed by atoms with Gasteiger partial charge in [-0.1, -0.05) is 93.3 Å². The Morgan fingerprint density at radius 2 is 1.63 bits per heavy atom. The Labute approximate surface area is 209 Å². The van der Waals surface area contributed by atoms with Gasteiger partial charge in [0.2, 0.25) is 0 Å². The van der Waals surface area contributed by atoms with E-state index < -0.39 is 24.1 Å². The lowest BCUT2D eigenvalue weighted by molar-refractivity contribution is -0.131. The molecular formula is C29H40N2O4. The molecule has 6 heteroatoms. The Hall–Kier alpha value is -2.86. The molecule has 0 spiro atoms. The van der Waals surface area contributed by atoms with Crippen molar-refractivity contribution >= 4 is 12.0 Å². The van der Waals surface area contributed by atoms with E-state index in [4.69, 9.17) is 4.74 Å². The zero-order valence-electron chi connectivity index (χ0n) is 21.0. The van der Waals surface area contributed by atoms with Crippen LogP contribution < -0.4 is 10.6 Å². The third-order valence-electron chi connectivity index (χ3n) is 7.08. The number of aliphatic hydroxyl groups is 1. The van der Waals surface area contributed by atoms with E-state index in [1.165, 1.54) is 5.56 Å². The minimum atomic E-state index is -1.36. The predicted octanol–water partition coefficient (Wildman–Crippen LogP) is 5.31. The first-order valence-electron chi connectivity index (χ1n) is 12.9. The normalized spacial score (nSPS) is 17.2. The molecule has 0 saturated heterocycles. The molecule has 3 rings (SSSR count). The van der Waals surface area contributed by atoms with Gasteiger partial charge < -0.3 is 20.5 Å². The van der Waals surface area contributed by atoms with Crippen molar-refractivity contribution in [2.75, 3.05) is 6.61 Å². The standard InChI is InChI=1S/C29H40N2O4/c1-3-4-17-25(26(32)27(33)30-22(2)24-15-9-6-10-16-24)31-28(34)35-21-29(18-11-12-19-29)20-23-13-7-5-8-14-23/h5-10,13-16,22,25-26,32H,3-4,11-12,17-21H2,1-2H3,(H,30,33)(H,31,34)/t22-,25+,26?/m1/s1. The van der Waals surface area contributed by atoms with Gasteiger partial charge in [-0.2, -0.15) is 0 Å². The molecule has 1 saturated carbocycles. The first-order valence-corrected chi connectivity index (χ1v) is 12.9. The number of amides is 2. The molecule has 2 aromatic carbocycles. The number of nitrogens with one attached hydrogen (secondary N) is 2.